The van der Waals surface area contributed by atoms with Crippen LogP contribution in [0.5, 0.6) is 11.5 Å². The smallest absolute Gasteiger partial charge is 0.341 e. The zero-order valence-electron chi connectivity index (χ0n) is 18.2. The molecule has 2 heterocycles. The first kappa shape index (κ1) is 22.3. The van der Waals surface area contributed by atoms with Gasteiger partial charge in [-0.2, -0.15) is 0 Å². The Balaban J connectivity index is 1.46. The molecule has 0 aliphatic heterocycles. The maximum atomic E-state index is 12.6. The number of methoxy groups -OCH3 is 1. The van der Waals surface area contributed by atoms with E-state index < -0.39 is 0 Å². The van der Waals surface area contributed by atoms with Crippen LogP contribution in [-0.2, 0) is 11.3 Å². The van der Waals surface area contributed by atoms with Crippen LogP contribution in [0.1, 0.15) is 33.2 Å². The van der Waals surface area contributed by atoms with Gasteiger partial charge in [-0.3, -0.25) is 9.78 Å². The van der Waals surface area contributed by atoms with Gasteiger partial charge in [0.1, 0.15) is 18.1 Å². The van der Waals surface area contributed by atoms with Crippen molar-refractivity contribution in [2.75, 3.05) is 19.0 Å². The predicted molar refractivity (Wildman–Crippen MR) is 127 cm³/mol. The van der Waals surface area contributed by atoms with Crippen molar-refractivity contribution in [1.29, 1.82) is 0 Å². The second-order valence-electron chi connectivity index (χ2n) is 7.05. The second-order valence-corrected chi connectivity index (χ2v) is 7.93. The number of anilines is 1. The predicted octanol–water partition coefficient (Wildman–Crippen LogP) is 5.31. The lowest BCUT2D eigenvalue weighted by molar-refractivity contribution is 0.0528. The Morgan fingerprint density at radius 3 is 2.70 bits per heavy atom. The minimum atomic E-state index is -0.385. The van der Waals surface area contributed by atoms with Crippen molar-refractivity contribution in [3.8, 4) is 11.5 Å². The molecule has 1 amide bonds. The summed E-state index contributed by atoms with van der Waals surface area (Å²) in [7, 11) is 1.56. The van der Waals surface area contributed by atoms with Crippen LogP contribution in [-0.4, -0.2) is 30.6 Å². The lowest BCUT2D eigenvalue weighted by Gasteiger charge is -2.10. The number of carbonyl (C=O) groups excluding carboxylic acids is 2. The van der Waals surface area contributed by atoms with Gasteiger partial charge in [0.15, 0.2) is 0 Å². The number of pyridine rings is 1. The van der Waals surface area contributed by atoms with Crippen molar-refractivity contribution >= 4 is 39.0 Å². The van der Waals surface area contributed by atoms with E-state index in [1.807, 2.05) is 17.5 Å². The molecule has 2 aromatic carbocycles. The van der Waals surface area contributed by atoms with Crippen molar-refractivity contribution in [3.63, 3.8) is 0 Å². The molecule has 7 nitrogen and oxygen atoms in total. The summed E-state index contributed by atoms with van der Waals surface area (Å²) in [6.45, 7) is 2.37. The van der Waals surface area contributed by atoms with Gasteiger partial charge in [-0.25, -0.2) is 4.79 Å². The normalized spacial score (nSPS) is 10.6. The highest BCUT2D eigenvalue weighted by Crippen LogP contribution is 2.30. The molecule has 0 fully saturated rings. The number of carbonyl (C=O) groups is 2. The standard InChI is InChI=1S/C25H22N2O5S/c1-3-31-25(29)22-13-26-12-21-17(15-33-23(21)22)14-32-20-9-5-7-18(11-20)27-24(28)16-6-4-8-19(10-16)30-2/h4-13,15H,3,14H2,1-2H3,(H,27,28). The van der Waals surface area contributed by atoms with Crippen LogP contribution in [0, 0.1) is 0 Å². The van der Waals surface area contributed by atoms with E-state index in [0.717, 1.165) is 15.6 Å². The quantitative estimate of drug-likeness (QED) is 0.357. The van der Waals surface area contributed by atoms with Crippen LogP contribution >= 0.6 is 11.3 Å². The highest BCUT2D eigenvalue weighted by atomic mass is 32.1. The van der Waals surface area contributed by atoms with Gasteiger partial charge in [0.2, 0.25) is 0 Å². The highest BCUT2D eigenvalue weighted by Gasteiger charge is 2.16. The van der Waals surface area contributed by atoms with Crippen molar-refractivity contribution in [3.05, 3.63) is 83.0 Å². The molecule has 0 unspecified atom stereocenters. The van der Waals surface area contributed by atoms with Crippen LogP contribution in [0.25, 0.3) is 10.1 Å². The maximum absolute atomic E-state index is 12.6. The van der Waals surface area contributed by atoms with Gasteiger partial charge < -0.3 is 19.5 Å². The summed E-state index contributed by atoms with van der Waals surface area (Å²) in [4.78, 5) is 28.9. The first-order chi connectivity index (χ1) is 16.1. The fourth-order valence-corrected chi connectivity index (χ4v) is 4.29. The summed E-state index contributed by atoms with van der Waals surface area (Å²) in [6.07, 6.45) is 3.24. The number of aromatic nitrogens is 1. The number of thiophene rings is 1. The number of amides is 1. The van der Waals surface area contributed by atoms with Gasteiger partial charge in [0, 0.05) is 40.7 Å². The van der Waals surface area contributed by atoms with Gasteiger partial charge in [0.05, 0.1) is 24.0 Å². The molecule has 168 valence electrons. The van der Waals surface area contributed by atoms with Crippen LogP contribution < -0.4 is 14.8 Å². The molecule has 33 heavy (non-hydrogen) atoms. The fourth-order valence-electron chi connectivity index (χ4n) is 3.26. The summed E-state index contributed by atoms with van der Waals surface area (Å²) < 4.78 is 17.1. The largest absolute Gasteiger partial charge is 0.497 e. The number of nitrogens with one attached hydrogen (secondary N) is 1. The molecule has 0 aliphatic rings. The molecule has 2 aromatic heterocycles. The van der Waals surface area contributed by atoms with Crippen molar-refractivity contribution in [1.82, 2.24) is 4.98 Å². The SMILES string of the molecule is CCOC(=O)c1cncc2c(COc3cccc(NC(=O)c4cccc(OC)c4)c3)csc12. The molecule has 8 heteroatoms. The first-order valence-corrected chi connectivity index (χ1v) is 11.2. The minimum absolute atomic E-state index is 0.243. The Kier molecular flexibility index (Phi) is 6.85. The number of ether oxygens (including phenoxy) is 3. The summed E-state index contributed by atoms with van der Waals surface area (Å²) in [5.74, 6) is 0.590. The van der Waals surface area contributed by atoms with Crippen molar-refractivity contribution in [2.24, 2.45) is 0 Å². The van der Waals surface area contributed by atoms with E-state index in [1.54, 1.807) is 56.6 Å². The minimum Gasteiger partial charge on any atom is -0.497 e. The third-order valence-corrected chi connectivity index (χ3v) is 5.95. The van der Waals surface area contributed by atoms with Gasteiger partial charge in [-0.15, -0.1) is 11.3 Å². The Hall–Kier alpha value is -3.91. The van der Waals surface area contributed by atoms with Gasteiger partial charge in [-0.05, 0) is 42.6 Å². The van der Waals surface area contributed by atoms with Crippen LogP contribution in [0.4, 0.5) is 5.69 Å². The monoisotopic (exact) mass is 462 g/mol. The summed E-state index contributed by atoms with van der Waals surface area (Å²) in [6, 6.07) is 14.1. The molecule has 0 spiro atoms. The third-order valence-electron chi connectivity index (χ3n) is 4.88. The molecule has 0 saturated carbocycles. The van der Waals surface area contributed by atoms with E-state index in [0.29, 0.717) is 41.5 Å². The van der Waals surface area contributed by atoms with Crippen LogP contribution in [0.2, 0.25) is 0 Å². The van der Waals surface area contributed by atoms with Gasteiger partial charge in [-0.1, -0.05) is 12.1 Å². The number of benzene rings is 2. The summed E-state index contributed by atoms with van der Waals surface area (Å²) in [5, 5.41) is 5.67. The Labute approximate surface area is 194 Å². The lowest BCUT2D eigenvalue weighted by atomic mass is 10.2. The number of hydrogen-bond donors (Lipinski definition) is 1. The molecular weight excluding hydrogens is 440 g/mol. The van der Waals surface area contributed by atoms with E-state index in [9.17, 15) is 9.59 Å². The molecule has 0 aliphatic carbocycles. The molecular formula is C25H22N2O5S. The number of rotatable bonds is 8. The van der Waals surface area contributed by atoms with Crippen molar-refractivity contribution in [2.45, 2.75) is 13.5 Å². The molecule has 0 radical (unpaired) electrons. The van der Waals surface area contributed by atoms with E-state index in [2.05, 4.69) is 10.3 Å². The Bertz CT molecular complexity index is 1300. The average molecular weight is 463 g/mol. The molecule has 0 atom stereocenters. The summed E-state index contributed by atoms with van der Waals surface area (Å²) >= 11 is 1.45. The molecule has 1 N–H and O–H groups in total. The zero-order valence-corrected chi connectivity index (χ0v) is 19.0. The fraction of sp³-hybridized carbons (Fsp3) is 0.160. The molecule has 4 aromatic rings. The van der Waals surface area contributed by atoms with Crippen molar-refractivity contribution < 1.29 is 23.8 Å². The second kappa shape index (κ2) is 10.1. The average Bonchev–Trinajstić information content (AvgIpc) is 3.26. The highest BCUT2D eigenvalue weighted by molar-refractivity contribution is 7.17. The van der Waals surface area contributed by atoms with E-state index in [-0.39, 0.29) is 11.9 Å². The van der Waals surface area contributed by atoms with Gasteiger partial charge >= 0.3 is 5.97 Å². The number of hydrogen-bond acceptors (Lipinski definition) is 7. The molecule has 0 saturated heterocycles. The first-order valence-electron chi connectivity index (χ1n) is 10.3. The summed E-state index contributed by atoms with van der Waals surface area (Å²) in [5.41, 5.74) is 2.48. The van der Waals surface area contributed by atoms with E-state index >= 15 is 0 Å². The zero-order chi connectivity index (χ0) is 23.2. The lowest BCUT2D eigenvalue weighted by Crippen LogP contribution is -2.12. The van der Waals surface area contributed by atoms with Crippen LogP contribution in [0.15, 0.2) is 66.3 Å². The molecule has 4 rings (SSSR count). The molecule has 0 bridgehead atoms. The van der Waals surface area contributed by atoms with E-state index in [4.69, 9.17) is 14.2 Å². The number of fused-ring (bicyclic) bond motifs is 1. The maximum Gasteiger partial charge on any atom is 0.341 e. The Morgan fingerprint density at radius 2 is 1.88 bits per heavy atom. The third kappa shape index (κ3) is 5.12. The van der Waals surface area contributed by atoms with Crippen LogP contribution in [0.3, 0.4) is 0 Å². The Morgan fingerprint density at radius 1 is 1.06 bits per heavy atom. The topological polar surface area (TPSA) is 86.8 Å². The number of nitrogens with zero attached hydrogens (tertiary/aromatic N) is 1. The van der Waals surface area contributed by atoms with E-state index in [1.165, 1.54) is 17.5 Å². The number of esters is 1. The van der Waals surface area contributed by atoms with Gasteiger partial charge in [0.25, 0.3) is 5.91 Å².